The Hall–Kier alpha value is -1.13. The highest BCUT2D eigenvalue weighted by molar-refractivity contribution is 6.30. The van der Waals surface area contributed by atoms with Crippen molar-refractivity contribution >= 4 is 17.6 Å². The summed E-state index contributed by atoms with van der Waals surface area (Å²) in [5.74, 6) is -0.852. The van der Waals surface area contributed by atoms with Gasteiger partial charge in [-0.05, 0) is 18.6 Å². The lowest BCUT2D eigenvalue weighted by atomic mass is 10.1. The molecule has 76 valence electrons. The van der Waals surface area contributed by atoms with Gasteiger partial charge >= 0.3 is 5.97 Å². The Balaban J connectivity index is 2.56. The molecule has 0 fully saturated rings. The van der Waals surface area contributed by atoms with E-state index < -0.39 is 5.97 Å². The highest BCUT2D eigenvalue weighted by atomic mass is 35.5. The Morgan fingerprint density at radius 2 is 2.36 bits per heavy atom. The second kappa shape index (κ2) is 4.93. The van der Waals surface area contributed by atoms with Gasteiger partial charge in [-0.1, -0.05) is 11.6 Å². The average molecular weight is 215 g/mol. The maximum atomic E-state index is 10.3. The molecule has 14 heavy (non-hydrogen) atoms. The molecule has 1 atom stereocenters. The van der Waals surface area contributed by atoms with Crippen molar-refractivity contribution in [1.82, 2.24) is 4.98 Å². The Labute approximate surface area is 86.7 Å². The van der Waals surface area contributed by atoms with Crippen LogP contribution in [0.25, 0.3) is 0 Å². The first-order chi connectivity index (χ1) is 6.59. The fraction of sp³-hybridized carbons (Fsp3) is 0.333. The van der Waals surface area contributed by atoms with E-state index in [0.717, 1.165) is 0 Å². The first-order valence-corrected chi connectivity index (χ1v) is 4.56. The zero-order valence-electron chi connectivity index (χ0n) is 7.48. The van der Waals surface area contributed by atoms with Crippen molar-refractivity contribution in [3.05, 3.63) is 29.0 Å². The summed E-state index contributed by atoms with van der Waals surface area (Å²) in [5.41, 5.74) is 6.39. The minimum Gasteiger partial charge on any atom is -0.481 e. The monoisotopic (exact) mass is 214 g/mol. The predicted octanol–water partition coefficient (Wildman–Crippen LogP) is 1.60. The van der Waals surface area contributed by atoms with Gasteiger partial charge in [0.2, 0.25) is 0 Å². The molecule has 0 aliphatic carbocycles. The minimum atomic E-state index is -0.852. The number of pyridine rings is 1. The molecule has 0 aliphatic rings. The molecule has 1 aromatic rings. The molecule has 1 heterocycles. The summed E-state index contributed by atoms with van der Waals surface area (Å²) in [6.07, 6.45) is 1.92. The number of carbonyl (C=O) groups is 1. The number of halogens is 1. The van der Waals surface area contributed by atoms with Gasteiger partial charge < -0.3 is 10.8 Å². The van der Waals surface area contributed by atoms with Crippen LogP contribution in [0, 0.1) is 0 Å². The summed E-state index contributed by atoms with van der Waals surface area (Å²) < 4.78 is 0. The van der Waals surface area contributed by atoms with Gasteiger partial charge in [-0.15, -0.1) is 0 Å². The van der Waals surface area contributed by atoms with Crippen molar-refractivity contribution in [3.63, 3.8) is 0 Å². The van der Waals surface area contributed by atoms with Gasteiger partial charge in [-0.2, -0.15) is 0 Å². The quantitative estimate of drug-likeness (QED) is 0.798. The van der Waals surface area contributed by atoms with E-state index in [2.05, 4.69) is 4.98 Å². The van der Waals surface area contributed by atoms with Crippen molar-refractivity contribution in [1.29, 1.82) is 0 Å². The number of carboxylic acids is 1. The van der Waals surface area contributed by atoms with Gasteiger partial charge in [0.1, 0.15) is 0 Å². The zero-order valence-corrected chi connectivity index (χ0v) is 8.24. The third-order valence-electron chi connectivity index (χ3n) is 1.80. The van der Waals surface area contributed by atoms with Crippen LogP contribution in [0.4, 0.5) is 0 Å². The third kappa shape index (κ3) is 3.32. The van der Waals surface area contributed by atoms with Crippen LogP contribution < -0.4 is 5.73 Å². The minimum absolute atomic E-state index is 0.0471. The molecule has 3 N–H and O–H groups in total. The van der Waals surface area contributed by atoms with Crippen molar-refractivity contribution in [2.75, 3.05) is 0 Å². The highest BCUT2D eigenvalue weighted by Gasteiger charge is 2.09. The average Bonchev–Trinajstić information content (AvgIpc) is 2.15. The number of carboxylic acid groups (broad SMARTS) is 1. The topological polar surface area (TPSA) is 76.2 Å². The van der Waals surface area contributed by atoms with Gasteiger partial charge in [-0.3, -0.25) is 9.78 Å². The Morgan fingerprint density at radius 3 is 2.86 bits per heavy atom. The molecule has 0 bridgehead atoms. The molecule has 0 radical (unpaired) electrons. The number of nitrogens with two attached hydrogens (primary N) is 1. The van der Waals surface area contributed by atoms with Crippen LogP contribution in [0.3, 0.4) is 0 Å². The smallest absolute Gasteiger partial charge is 0.303 e. The van der Waals surface area contributed by atoms with Gasteiger partial charge in [0.05, 0.1) is 10.7 Å². The van der Waals surface area contributed by atoms with Crippen LogP contribution in [0.5, 0.6) is 0 Å². The molecular formula is C9H11ClN2O2. The Kier molecular flexibility index (Phi) is 3.85. The van der Waals surface area contributed by atoms with Crippen molar-refractivity contribution in [3.8, 4) is 0 Å². The molecule has 1 aromatic heterocycles. The molecule has 0 aromatic carbocycles. The largest absolute Gasteiger partial charge is 0.481 e. The Bertz CT molecular complexity index is 313. The van der Waals surface area contributed by atoms with Crippen LogP contribution in [0.1, 0.15) is 24.6 Å². The first-order valence-electron chi connectivity index (χ1n) is 4.18. The van der Waals surface area contributed by atoms with Gasteiger partial charge in [0, 0.05) is 18.7 Å². The number of hydrogen-bond acceptors (Lipinski definition) is 3. The lowest BCUT2D eigenvalue weighted by molar-refractivity contribution is -0.137. The van der Waals surface area contributed by atoms with E-state index in [1.54, 1.807) is 12.1 Å². The summed E-state index contributed by atoms with van der Waals surface area (Å²) in [6, 6.07) is 3.04. The van der Waals surface area contributed by atoms with E-state index >= 15 is 0 Å². The molecule has 5 heteroatoms. The van der Waals surface area contributed by atoms with Crippen molar-refractivity contribution < 1.29 is 9.90 Å². The van der Waals surface area contributed by atoms with Crippen LogP contribution in [0.15, 0.2) is 18.3 Å². The molecule has 0 aliphatic heterocycles. The molecule has 4 nitrogen and oxygen atoms in total. The lowest BCUT2D eigenvalue weighted by Crippen LogP contribution is -2.13. The number of aromatic nitrogens is 1. The summed E-state index contributed by atoms with van der Waals surface area (Å²) in [7, 11) is 0. The molecule has 0 saturated carbocycles. The second-order valence-electron chi connectivity index (χ2n) is 2.94. The van der Waals surface area contributed by atoms with E-state index in [1.165, 1.54) is 6.20 Å². The van der Waals surface area contributed by atoms with Gasteiger partial charge in [0.25, 0.3) is 0 Å². The maximum absolute atomic E-state index is 10.3. The lowest BCUT2D eigenvalue weighted by Gasteiger charge is -2.08. The summed E-state index contributed by atoms with van der Waals surface area (Å²) in [5, 5.41) is 9.00. The summed E-state index contributed by atoms with van der Waals surface area (Å²) >= 11 is 5.65. The fourth-order valence-electron chi connectivity index (χ4n) is 1.03. The van der Waals surface area contributed by atoms with Crippen LogP contribution in [-0.4, -0.2) is 16.1 Å². The van der Waals surface area contributed by atoms with Crippen LogP contribution >= 0.6 is 11.6 Å². The van der Waals surface area contributed by atoms with E-state index in [4.69, 9.17) is 22.4 Å². The van der Waals surface area contributed by atoms with E-state index in [0.29, 0.717) is 17.1 Å². The highest BCUT2D eigenvalue weighted by Crippen LogP contribution is 2.15. The van der Waals surface area contributed by atoms with E-state index in [9.17, 15) is 4.79 Å². The number of hydrogen-bond donors (Lipinski definition) is 2. The van der Waals surface area contributed by atoms with Crippen molar-refractivity contribution in [2.24, 2.45) is 5.73 Å². The molecule has 0 amide bonds. The first kappa shape index (κ1) is 10.9. The number of nitrogens with zero attached hydrogens (tertiary/aromatic N) is 1. The van der Waals surface area contributed by atoms with E-state index in [1.807, 2.05) is 0 Å². The molecular weight excluding hydrogens is 204 g/mol. The van der Waals surface area contributed by atoms with Crippen molar-refractivity contribution in [2.45, 2.75) is 18.9 Å². The molecule has 1 rings (SSSR count). The second-order valence-corrected chi connectivity index (χ2v) is 3.38. The normalized spacial score (nSPS) is 12.4. The van der Waals surface area contributed by atoms with Crippen LogP contribution in [0.2, 0.25) is 5.02 Å². The maximum Gasteiger partial charge on any atom is 0.303 e. The fourth-order valence-corrected chi connectivity index (χ4v) is 1.15. The van der Waals surface area contributed by atoms with Gasteiger partial charge in [0.15, 0.2) is 0 Å². The SMILES string of the molecule is NC(CCC(=O)O)c1ccc(Cl)cn1. The summed E-state index contributed by atoms with van der Waals surface area (Å²) in [6.45, 7) is 0. The molecule has 0 saturated heterocycles. The molecule has 0 spiro atoms. The molecule has 1 unspecified atom stereocenters. The van der Waals surface area contributed by atoms with Gasteiger partial charge in [-0.25, -0.2) is 0 Å². The standard InChI is InChI=1S/C9H11ClN2O2/c10-6-1-3-8(12-5-6)7(11)2-4-9(13)14/h1,3,5,7H,2,4,11H2,(H,13,14). The predicted molar refractivity (Wildman–Crippen MR) is 53.0 cm³/mol. The zero-order chi connectivity index (χ0) is 10.6. The summed E-state index contributed by atoms with van der Waals surface area (Å²) in [4.78, 5) is 14.3. The number of rotatable bonds is 4. The number of aliphatic carboxylic acids is 1. The third-order valence-corrected chi connectivity index (χ3v) is 2.02. The van der Waals surface area contributed by atoms with E-state index in [-0.39, 0.29) is 12.5 Å². The Morgan fingerprint density at radius 1 is 1.64 bits per heavy atom. The van der Waals surface area contributed by atoms with Crippen LogP contribution in [-0.2, 0) is 4.79 Å².